The molecular weight excluding hydrogens is 565 g/mol. The first-order valence-electron chi connectivity index (χ1n) is 8.22. The van der Waals surface area contributed by atoms with Crippen molar-refractivity contribution in [3.8, 4) is 5.75 Å². The molecule has 0 spiro atoms. The van der Waals surface area contributed by atoms with Gasteiger partial charge >= 0.3 is 0 Å². The fourth-order valence-corrected chi connectivity index (χ4v) is 5.14. The second kappa shape index (κ2) is 9.71. The van der Waals surface area contributed by atoms with E-state index in [2.05, 4.69) is 38.4 Å². The lowest BCUT2D eigenvalue weighted by Crippen LogP contribution is -2.27. The highest BCUT2D eigenvalue weighted by atomic mass is 79.9. The first-order valence-corrected chi connectivity index (χ1v) is 11.4. The molecule has 1 saturated heterocycles. The summed E-state index contributed by atoms with van der Waals surface area (Å²) in [7, 11) is 0. The minimum atomic E-state index is -0.327. The zero-order valence-electron chi connectivity index (χ0n) is 14.8. The van der Waals surface area contributed by atoms with Crippen LogP contribution in [0.5, 0.6) is 5.75 Å². The summed E-state index contributed by atoms with van der Waals surface area (Å²) in [5.74, 6) is 0.278. The van der Waals surface area contributed by atoms with Crippen LogP contribution in [0.4, 0.5) is 4.79 Å². The van der Waals surface area contributed by atoms with Crippen LogP contribution in [0, 0.1) is 0 Å². The number of hydrogen-bond acceptors (Lipinski definition) is 4. The van der Waals surface area contributed by atoms with E-state index in [1.54, 1.807) is 18.2 Å². The summed E-state index contributed by atoms with van der Waals surface area (Å²) in [4.78, 5) is 25.8. The predicted octanol–water partition coefficient (Wildman–Crippen LogP) is 7.32. The third kappa shape index (κ3) is 5.27. The molecule has 0 saturated carbocycles. The normalized spacial score (nSPS) is 15.3. The van der Waals surface area contributed by atoms with Gasteiger partial charge in [-0.2, -0.15) is 0 Å². The minimum Gasteiger partial charge on any atom is -0.487 e. The number of halogens is 4. The Bertz CT molecular complexity index is 1020. The van der Waals surface area contributed by atoms with Crippen LogP contribution in [0.15, 0.2) is 56.8 Å². The van der Waals surface area contributed by atoms with E-state index in [0.717, 1.165) is 27.8 Å². The molecule has 0 bridgehead atoms. The van der Waals surface area contributed by atoms with Crippen LogP contribution < -0.4 is 4.74 Å². The molecule has 1 fully saturated rings. The third-order valence-electron chi connectivity index (χ3n) is 3.87. The van der Waals surface area contributed by atoms with Crippen molar-refractivity contribution in [2.45, 2.75) is 6.61 Å². The smallest absolute Gasteiger partial charge is 0.293 e. The summed E-state index contributed by atoms with van der Waals surface area (Å²) in [6.07, 6.45) is 3.19. The Morgan fingerprint density at radius 1 is 1.10 bits per heavy atom. The van der Waals surface area contributed by atoms with Crippen molar-refractivity contribution in [3.63, 3.8) is 0 Å². The zero-order chi connectivity index (χ0) is 21.1. The average Bonchev–Trinajstić information content (AvgIpc) is 2.91. The Morgan fingerprint density at radius 3 is 2.41 bits per heavy atom. The van der Waals surface area contributed by atoms with Gasteiger partial charge in [0, 0.05) is 6.54 Å². The Labute approximate surface area is 199 Å². The minimum absolute atomic E-state index is 0.191. The van der Waals surface area contributed by atoms with Crippen molar-refractivity contribution in [2.24, 2.45) is 0 Å². The Hall–Kier alpha value is -1.25. The Kier molecular flexibility index (Phi) is 7.51. The van der Waals surface area contributed by atoms with Crippen LogP contribution in [0.25, 0.3) is 6.08 Å². The van der Waals surface area contributed by atoms with Crippen LogP contribution >= 0.6 is 66.8 Å². The van der Waals surface area contributed by atoms with E-state index >= 15 is 0 Å². The van der Waals surface area contributed by atoms with Crippen molar-refractivity contribution in [1.29, 1.82) is 0 Å². The molecule has 0 atom stereocenters. The quantitative estimate of drug-likeness (QED) is 0.267. The highest BCUT2D eigenvalue weighted by Gasteiger charge is 2.34. The number of thioether (sulfide) groups is 1. The highest BCUT2D eigenvalue weighted by Crippen LogP contribution is 2.38. The van der Waals surface area contributed by atoms with E-state index in [4.69, 9.17) is 27.9 Å². The Morgan fingerprint density at radius 2 is 1.79 bits per heavy atom. The molecule has 0 N–H and O–H groups in total. The number of imide groups is 1. The van der Waals surface area contributed by atoms with Gasteiger partial charge in [0.05, 0.1) is 23.9 Å². The van der Waals surface area contributed by atoms with Crippen LogP contribution in [0.3, 0.4) is 0 Å². The highest BCUT2D eigenvalue weighted by molar-refractivity contribution is 9.11. The van der Waals surface area contributed by atoms with E-state index in [1.807, 2.05) is 18.2 Å². The van der Waals surface area contributed by atoms with Gasteiger partial charge in [-0.1, -0.05) is 35.3 Å². The van der Waals surface area contributed by atoms with Crippen LogP contribution in [-0.4, -0.2) is 22.6 Å². The van der Waals surface area contributed by atoms with Crippen LogP contribution in [0.1, 0.15) is 11.1 Å². The van der Waals surface area contributed by atoms with Crippen LogP contribution in [0.2, 0.25) is 10.0 Å². The number of benzene rings is 2. The van der Waals surface area contributed by atoms with E-state index in [9.17, 15) is 9.59 Å². The number of nitrogens with zero attached hydrogens (tertiary/aromatic N) is 1. The fraction of sp³-hybridized carbons (Fsp3) is 0.100. The molecule has 2 amide bonds. The van der Waals surface area contributed by atoms with Crippen molar-refractivity contribution in [1.82, 2.24) is 4.90 Å². The van der Waals surface area contributed by atoms with Crippen molar-refractivity contribution >= 4 is 84.0 Å². The van der Waals surface area contributed by atoms with Gasteiger partial charge in [0.25, 0.3) is 11.1 Å². The van der Waals surface area contributed by atoms with Crippen LogP contribution in [-0.2, 0) is 11.4 Å². The van der Waals surface area contributed by atoms with E-state index in [-0.39, 0.29) is 17.7 Å². The lowest BCUT2D eigenvalue weighted by Gasteiger charge is -2.12. The topological polar surface area (TPSA) is 46.6 Å². The molecule has 1 heterocycles. The second-order valence-electron chi connectivity index (χ2n) is 5.93. The zero-order valence-corrected chi connectivity index (χ0v) is 20.3. The van der Waals surface area contributed by atoms with Crippen molar-refractivity contribution in [2.75, 3.05) is 6.54 Å². The van der Waals surface area contributed by atoms with Gasteiger partial charge < -0.3 is 4.74 Å². The molecule has 29 heavy (non-hydrogen) atoms. The number of rotatable bonds is 6. The molecule has 2 aromatic rings. The van der Waals surface area contributed by atoms with Crippen molar-refractivity contribution < 1.29 is 14.3 Å². The molecule has 0 aromatic heterocycles. The largest absolute Gasteiger partial charge is 0.487 e. The van der Waals surface area contributed by atoms with Gasteiger partial charge in [-0.25, -0.2) is 0 Å². The fourth-order valence-electron chi connectivity index (χ4n) is 2.52. The molecule has 0 unspecified atom stereocenters. The number of carbonyl (C=O) groups is 2. The molecule has 1 aliphatic rings. The number of carbonyl (C=O) groups excluding carboxylic acids is 2. The van der Waals surface area contributed by atoms with Gasteiger partial charge in [0.2, 0.25) is 0 Å². The summed E-state index contributed by atoms with van der Waals surface area (Å²) < 4.78 is 7.29. The van der Waals surface area contributed by atoms with Gasteiger partial charge in [-0.15, -0.1) is 6.58 Å². The Balaban J connectivity index is 1.79. The number of ether oxygens (including phenoxy) is 1. The molecule has 0 radical (unpaired) electrons. The van der Waals surface area contributed by atoms with E-state index < -0.39 is 0 Å². The summed E-state index contributed by atoms with van der Waals surface area (Å²) in [6.45, 7) is 4.06. The third-order valence-corrected chi connectivity index (χ3v) is 6.70. The molecule has 3 rings (SSSR count). The van der Waals surface area contributed by atoms with E-state index in [1.165, 1.54) is 6.08 Å². The predicted molar refractivity (Wildman–Crippen MR) is 126 cm³/mol. The van der Waals surface area contributed by atoms with Gasteiger partial charge in [-0.05, 0) is 85.1 Å². The summed E-state index contributed by atoms with van der Waals surface area (Å²) in [5.41, 5.74) is 1.62. The number of hydrogen-bond donors (Lipinski definition) is 0. The maximum atomic E-state index is 12.4. The maximum absolute atomic E-state index is 12.4. The summed E-state index contributed by atoms with van der Waals surface area (Å²) in [5, 5.41) is 0.646. The SMILES string of the molecule is C=CCN1C(=O)S/C(=C/c2cc(Br)c(OCc3ccc(Cl)c(Cl)c3)c(Br)c2)C1=O. The number of amides is 2. The maximum Gasteiger partial charge on any atom is 0.293 e. The molecule has 2 aromatic carbocycles. The second-order valence-corrected chi connectivity index (χ2v) is 9.45. The molecule has 9 heteroatoms. The molecule has 1 aliphatic heterocycles. The first-order chi connectivity index (χ1) is 13.8. The molecule has 4 nitrogen and oxygen atoms in total. The van der Waals surface area contributed by atoms with Crippen molar-refractivity contribution in [3.05, 3.63) is 78.0 Å². The molecule has 0 aliphatic carbocycles. The van der Waals surface area contributed by atoms with Gasteiger partial charge in [-0.3, -0.25) is 14.5 Å². The molecule has 150 valence electrons. The summed E-state index contributed by atoms with van der Waals surface area (Å²) in [6, 6.07) is 8.94. The van der Waals surface area contributed by atoms with Gasteiger partial charge in [0.1, 0.15) is 12.4 Å². The average molecular weight is 578 g/mol. The summed E-state index contributed by atoms with van der Waals surface area (Å²) >= 11 is 19.9. The molecular formula is C20H13Br2Cl2NO3S. The lowest BCUT2D eigenvalue weighted by molar-refractivity contribution is -0.122. The first kappa shape index (κ1) is 22.4. The van der Waals surface area contributed by atoms with E-state index in [0.29, 0.717) is 36.3 Å². The van der Waals surface area contributed by atoms with Gasteiger partial charge in [0.15, 0.2) is 0 Å². The standard InChI is InChI=1S/C20H13Br2Cl2NO3S/c1-2-5-25-19(26)17(29-20(25)27)9-12-6-13(21)18(14(22)7-12)28-10-11-3-4-15(23)16(24)8-11/h2-4,6-9H,1,5,10H2/b17-9+. The lowest BCUT2D eigenvalue weighted by atomic mass is 10.2. The monoisotopic (exact) mass is 575 g/mol.